The normalized spacial score (nSPS) is 27.3. The number of hydrogen-bond acceptors (Lipinski definition) is 4. The Morgan fingerprint density at radius 2 is 1.78 bits per heavy atom. The monoisotopic (exact) mass is 369 g/mol. The SMILES string of the molecule is CCOC(=O)N1CCCN(C2CCC(C#N)(c3ccccc3)CC2)CCC1. The largest absolute Gasteiger partial charge is 0.450 e. The van der Waals surface area contributed by atoms with E-state index in [0.717, 1.165) is 64.7 Å². The second kappa shape index (κ2) is 9.23. The average molecular weight is 370 g/mol. The molecule has 1 heterocycles. The third kappa shape index (κ3) is 4.62. The molecular formula is C22H31N3O2. The Hall–Kier alpha value is -2.06. The lowest BCUT2D eigenvalue weighted by molar-refractivity contribution is 0.0832. The predicted octanol–water partition coefficient (Wildman–Crippen LogP) is 3.94. The molecule has 5 nitrogen and oxygen atoms in total. The van der Waals surface area contributed by atoms with E-state index in [1.807, 2.05) is 30.0 Å². The van der Waals surface area contributed by atoms with Gasteiger partial charge < -0.3 is 14.5 Å². The van der Waals surface area contributed by atoms with E-state index in [9.17, 15) is 10.1 Å². The second-order valence-corrected chi connectivity index (χ2v) is 7.72. The Labute approximate surface area is 162 Å². The summed E-state index contributed by atoms with van der Waals surface area (Å²) in [6.45, 7) is 5.87. The quantitative estimate of drug-likeness (QED) is 0.810. The van der Waals surface area contributed by atoms with Gasteiger partial charge in [-0.2, -0.15) is 5.26 Å². The molecule has 146 valence electrons. The molecule has 1 aromatic carbocycles. The summed E-state index contributed by atoms with van der Waals surface area (Å²) in [5, 5.41) is 9.89. The zero-order valence-corrected chi connectivity index (χ0v) is 16.4. The van der Waals surface area contributed by atoms with Crippen molar-refractivity contribution < 1.29 is 9.53 Å². The summed E-state index contributed by atoms with van der Waals surface area (Å²) in [6, 6.07) is 13.5. The molecule has 0 spiro atoms. The van der Waals surface area contributed by atoms with Gasteiger partial charge in [0.25, 0.3) is 0 Å². The molecule has 5 heteroatoms. The van der Waals surface area contributed by atoms with Gasteiger partial charge in [-0.15, -0.1) is 0 Å². The minimum Gasteiger partial charge on any atom is -0.450 e. The lowest BCUT2D eigenvalue weighted by atomic mass is 9.69. The Morgan fingerprint density at radius 1 is 1.15 bits per heavy atom. The van der Waals surface area contributed by atoms with E-state index in [2.05, 4.69) is 23.1 Å². The molecule has 1 saturated carbocycles. The fourth-order valence-electron chi connectivity index (χ4n) is 4.60. The fraction of sp³-hybridized carbons (Fsp3) is 0.636. The highest BCUT2D eigenvalue weighted by atomic mass is 16.6. The molecule has 27 heavy (non-hydrogen) atoms. The molecule has 1 aromatic rings. The minimum atomic E-state index is -0.318. The summed E-state index contributed by atoms with van der Waals surface area (Å²) in [5.41, 5.74) is 0.852. The summed E-state index contributed by atoms with van der Waals surface area (Å²) < 4.78 is 5.14. The Bertz CT molecular complexity index is 637. The number of benzene rings is 1. The fourth-order valence-corrected chi connectivity index (χ4v) is 4.60. The van der Waals surface area contributed by atoms with Gasteiger partial charge in [0.15, 0.2) is 0 Å². The maximum absolute atomic E-state index is 11.9. The molecule has 0 aromatic heterocycles. The summed E-state index contributed by atoms with van der Waals surface area (Å²) in [4.78, 5) is 16.4. The third-order valence-electron chi connectivity index (χ3n) is 6.14. The van der Waals surface area contributed by atoms with E-state index in [4.69, 9.17) is 4.74 Å². The van der Waals surface area contributed by atoms with Gasteiger partial charge in [-0.1, -0.05) is 30.3 Å². The summed E-state index contributed by atoms with van der Waals surface area (Å²) in [5.74, 6) is 0. The van der Waals surface area contributed by atoms with Gasteiger partial charge in [-0.05, 0) is 51.0 Å². The average Bonchev–Trinajstić information content (AvgIpc) is 2.69. The minimum absolute atomic E-state index is 0.176. The highest BCUT2D eigenvalue weighted by molar-refractivity contribution is 5.67. The van der Waals surface area contributed by atoms with E-state index in [1.54, 1.807) is 0 Å². The van der Waals surface area contributed by atoms with Crippen LogP contribution in [0.4, 0.5) is 4.79 Å². The highest BCUT2D eigenvalue weighted by Crippen LogP contribution is 2.40. The van der Waals surface area contributed by atoms with Crippen molar-refractivity contribution in [1.29, 1.82) is 5.26 Å². The topological polar surface area (TPSA) is 56.6 Å². The van der Waals surface area contributed by atoms with Crippen molar-refractivity contribution in [2.24, 2.45) is 0 Å². The summed E-state index contributed by atoms with van der Waals surface area (Å²) in [7, 11) is 0. The first-order valence-electron chi connectivity index (χ1n) is 10.3. The zero-order chi connectivity index (χ0) is 19.1. The maximum Gasteiger partial charge on any atom is 0.409 e. The van der Waals surface area contributed by atoms with Crippen LogP contribution >= 0.6 is 0 Å². The van der Waals surface area contributed by atoms with Gasteiger partial charge >= 0.3 is 6.09 Å². The molecule has 0 atom stereocenters. The lowest BCUT2D eigenvalue weighted by Gasteiger charge is -2.41. The van der Waals surface area contributed by atoms with Crippen LogP contribution in [0.5, 0.6) is 0 Å². The van der Waals surface area contributed by atoms with Crippen LogP contribution in [0.15, 0.2) is 30.3 Å². The zero-order valence-electron chi connectivity index (χ0n) is 16.4. The van der Waals surface area contributed by atoms with E-state index < -0.39 is 0 Å². The van der Waals surface area contributed by atoms with Crippen molar-refractivity contribution in [3.8, 4) is 6.07 Å². The predicted molar refractivity (Wildman–Crippen MR) is 105 cm³/mol. The molecule has 2 aliphatic rings. The first-order valence-corrected chi connectivity index (χ1v) is 10.3. The first-order chi connectivity index (χ1) is 13.2. The molecule has 1 aliphatic carbocycles. The molecule has 0 radical (unpaired) electrons. The molecule has 1 aliphatic heterocycles. The first kappa shape index (κ1) is 19.7. The standard InChI is InChI=1S/C22H31N3O2/c1-2-27-21(26)25-16-6-14-24(15-7-17-25)20-10-12-22(18-23,13-11-20)19-8-4-3-5-9-19/h3-5,8-9,20H,2,6-7,10-17H2,1H3. The number of carbonyl (C=O) groups is 1. The summed E-state index contributed by atoms with van der Waals surface area (Å²) >= 11 is 0. The van der Waals surface area contributed by atoms with Crippen LogP contribution in [0.2, 0.25) is 0 Å². The van der Waals surface area contributed by atoms with E-state index >= 15 is 0 Å². The van der Waals surface area contributed by atoms with Crippen molar-refractivity contribution >= 4 is 6.09 Å². The molecular weight excluding hydrogens is 338 g/mol. The Kier molecular flexibility index (Phi) is 6.73. The number of amides is 1. The van der Waals surface area contributed by atoms with Crippen molar-refractivity contribution in [2.75, 3.05) is 32.8 Å². The van der Waals surface area contributed by atoms with Gasteiger partial charge in [0.1, 0.15) is 0 Å². The molecule has 0 unspecified atom stereocenters. The van der Waals surface area contributed by atoms with E-state index in [-0.39, 0.29) is 11.5 Å². The number of hydrogen-bond donors (Lipinski definition) is 0. The van der Waals surface area contributed by atoms with Crippen LogP contribution in [0, 0.1) is 11.3 Å². The van der Waals surface area contributed by atoms with Crippen molar-refractivity contribution in [3.63, 3.8) is 0 Å². The molecule has 0 N–H and O–H groups in total. The van der Waals surface area contributed by atoms with Crippen molar-refractivity contribution in [1.82, 2.24) is 9.80 Å². The van der Waals surface area contributed by atoms with Gasteiger partial charge in [0.2, 0.25) is 0 Å². The number of nitriles is 1. The Balaban J connectivity index is 1.54. The molecule has 0 bridgehead atoms. The number of ether oxygens (including phenoxy) is 1. The van der Waals surface area contributed by atoms with Crippen LogP contribution < -0.4 is 0 Å². The molecule has 2 fully saturated rings. The van der Waals surface area contributed by atoms with Gasteiger partial charge in [-0.3, -0.25) is 0 Å². The summed E-state index contributed by atoms with van der Waals surface area (Å²) in [6.07, 6.45) is 5.81. The van der Waals surface area contributed by atoms with Crippen LogP contribution in [0.25, 0.3) is 0 Å². The third-order valence-corrected chi connectivity index (χ3v) is 6.14. The van der Waals surface area contributed by atoms with Crippen molar-refractivity contribution in [2.45, 2.75) is 56.9 Å². The smallest absolute Gasteiger partial charge is 0.409 e. The van der Waals surface area contributed by atoms with Gasteiger partial charge in [0.05, 0.1) is 18.1 Å². The van der Waals surface area contributed by atoms with E-state index in [1.165, 1.54) is 5.56 Å². The van der Waals surface area contributed by atoms with E-state index in [0.29, 0.717) is 12.6 Å². The molecule has 3 rings (SSSR count). The van der Waals surface area contributed by atoms with Crippen LogP contribution in [-0.4, -0.2) is 54.7 Å². The maximum atomic E-state index is 11.9. The number of rotatable bonds is 3. The van der Waals surface area contributed by atoms with Crippen LogP contribution in [0.3, 0.4) is 0 Å². The molecule has 1 saturated heterocycles. The number of nitrogens with zero attached hydrogens (tertiary/aromatic N) is 3. The Morgan fingerprint density at radius 3 is 2.33 bits per heavy atom. The lowest BCUT2D eigenvalue weighted by Crippen LogP contribution is -2.46. The number of carbonyl (C=O) groups excluding carboxylic acids is 1. The van der Waals surface area contributed by atoms with Crippen LogP contribution in [0.1, 0.15) is 51.0 Å². The molecule has 1 amide bonds. The highest BCUT2D eigenvalue weighted by Gasteiger charge is 2.38. The van der Waals surface area contributed by atoms with Gasteiger partial charge in [-0.25, -0.2) is 4.79 Å². The van der Waals surface area contributed by atoms with Gasteiger partial charge in [0, 0.05) is 32.2 Å². The van der Waals surface area contributed by atoms with Crippen molar-refractivity contribution in [3.05, 3.63) is 35.9 Å². The van der Waals surface area contributed by atoms with Crippen LogP contribution in [-0.2, 0) is 10.2 Å². The second-order valence-electron chi connectivity index (χ2n) is 7.72.